The molecule has 2 rings (SSSR count). The van der Waals surface area contributed by atoms with Crippen molar-refractivity contribution in [2.24, 2.45) is 0 Å². The van der Waals surface area contributed by atoms with Crippen LogP contribution in [0.1, 0.15) is 18.1 Å². The molecule has 1 amide bonds. The van der Waals surface area contributed by atoms with Crippen LogP contribution in [0.2, 0.25) is 0 Å². The van der Waals surface area contributed by atoms with Gasteiger partial charge in [-0.05, 0) is 36.6 Å². The molecule has 0 saturated carbocycles. The average molecular weight is 356 g/mol. The van der Waals surface area contributed by atoms with Crippen LogP contribution in [0.15, 0.2) is 18.2 Å². The molecule has 0 aliphatic carbocycles. The Kier molecular flexibility index (Phi) is 6.59. The zero-order valence-electron chi connectivity index (χ0n) is 14.1. The summed E-state index contributed by atoms with van der Waals surface area (Å²) in [5.41, 5.74) is 2.11. The zero-order chi connectivity index (χ0) is 17.6. The Morgan fingerprint density at radius 1 is 1.33 bits per heavy atom. The highest BCUT2D eigenvalue weighted by Crippen LogP contribution is 2.25. The van der Waals surface area contributed by atoms with Crippen LogP contribution >= 0.6 is 0 Å². The van der Waals surface area contributed by atoms with E-state index in [1.54, 1.807) is 14.0 Å². The van der Waals surface area contributed by atoms with Gasteiger partial charge in [-0.1, -0.05) is 6.07 Å². The monoisotopic (exact) mass is 356 g/mol. The second-order valence-corrected chi connectivity index (χ2v) is 7.61. The van der Waals surface area contributed by atoms with Crippen molar-refractivity contribution in [3.8, 4) is 5.75 Å². The van der Waals surface area contributed by atoms with E-state index in [4.69, 9.17) is 9.47 Å². The Morgan fingerprint density at radius 3 is 2.83 bits per heavy atom. The fraction of sp³-hybridized carbons (Fsp3) is 0.562. The third-order valence-corrected chi connectivity index (χ3v) is 5.72. The minimum absolute atomic E-state index is 0.0462. The third-order valence-electron chi connectivity index (χ3n) is 3.90. The van der Waals surface area contributed by atoms with Gasteiger partial charge in [-0.3, -0.25) is 4.79 Å². The molecule has 1 N–H and O–H groups in total. The van der Waals surface area contributed by atoms with Crippen LogP contribution < -0.4 is 10.1 Å². The number of carbonyl (C=O) groups is 1. The smallest absolute Gasteiger partial charge is 0.246 e. The molecular weight excluding hydrogens is 332 g/mol. The molecule has 0 spiro atoms. The summed E-state index contributed by atoms with van der Waals surface area (Å²) in [4.78, 5) is 11.4. The summed E-state index contributed by atoms with van der Waals surface area (Å²) in [7, 11) is -1.80. The number of rotatable bonds is 8. The Balaban J connectivity index is 1.90. The van der Waals surface area contributed by atoms with E-state index in [9.17, 15) is 13.2 Å². The van der Waals surface area contributed by atoms with E-state index in [0.29, 0.717) is 26.1 Å². The quantitative estimate of drug-likeness (QED) is 0.735. The van der Waals surface area contributed by atoms with Crippen molar-refractivity contribution >= 4 is 15.9 Å². The summed E-state index contributed by atoms with van der Waals surface area (Å²) in [6.07, 6.45) is 0.655. The number of carbonyl (C=O) groups excluding carboxylic acids is 1. The van der Waals surface area contributed by atoms with Crippen molar-refractivity contribution in [2.75, 3.05) is 39.2 Å². The topological polar surface area (TPSA) is 84.9 Å². The Labute approximate surface area is 143 Å². The summed E-state index contributed by atoms with van der Waals surface area (Å²) >= 11 is 0. The summed E-state index contributed by atoms with van der Waals surface area (Å²) in [6, 6.07) is 5.69. The number of methoxy groups -OCH3 is 1. The van der Waals surface area contributed by atoms with Crippen LogP contribution in [0.3, 0.4) is 0 Å². The van der Waals surface area contributed by atoms with Crippen LogP contribution in [0.4, 0.5) is 0 Å². The van der Waals surface area contributed by atoms with Gasteiger partial charge in [-0.25, -0.2) is 8.42 Å². The van der Waals surface area contributed by atoms with Crippen molar-refractivity contribution < 1.29 is 22.7 Å². The summed E-state index contributed by atoms with van der Waals surface area (Å²) in [5.74, 6) is 0.362. The number of nitrogens with one attached hydrogen (secondary N) is 1. The lowest BCUT2D eigenvalue weighted by atomic mass is 10.0. The van der Waals surface area contributed by atoms with E-state index in [0.717, 1.165) is 16.9 Å². The Hall–Kier alpha value is -1.64. The van der Waals surface area contributed by atoms with Crippen LogP contribution in [0, 0.1) is 0 Å². The van der Waals surface area contributed by atoms with E-state index in [1.165, 1.54) is 4.31 Å². The molecule has 24 heavy (non-hydrogen) atoms. The first-order valence-corrected chi connectivity index (χ1v) is 9.55. The molecule has 7 nitrogen and oxygen atoms in total. The first kappa shape index (κ1) is 18.7. The second kappa shape index (κ2) is 8.46. The van der Waals surface area contributed by atoms with Gasteiger partial charge in [0.15, 0.2) is 0 Å². The zero-order valence-corrected chi connectivity index (χ0v) is 14.9. The van der Waals surface area contributed by atoms with Crippen LogP contribution in [-0.4, -0.2) is 57.8 Å². The molecule has 0 atom stereocenters. The van der Waals surface area contributed by atoms with Crippen molar-refractivity contribution in [3.05, 3.63) is 29.3 Å². The Morgan fingerprint density at radius 2 is 2.12 bits per heavy atom. The van der Waals surface area contributed by atoms with Gasteiger partial charge in [0.2, 0.25) is 15.9 Å². The number of benzene rings is 1. The van der Waals surface area contributed by atoms with E-state index < -0.39 is 10.0 Å². The number of amides is 1. The molecule has 0 saturated heterocycles. The summed E-state index contributed by atoms with van der Waals surface area (Å²) < 4.78 is 36.5. The van der Waals surface area contributed by atoms with Crippen molar-refractivity contribution in [1.29, 1.82) is 0 Å². The molecular formula is C16H24N2O5S. The largest absolute Gasteiger partial charge is 0.497 e. The molecule has 8 heteroatoms. The molecule has 1 aliphatic heterocycles. The lowest BCUT2D eigenvalue weighted by Gasteiger charge is -2.28. The number of nitrogens with zero attached hydrogens (tertiary/aromatic N) is 1. The molecule has 0 aromatic heterocycles. The van der Waals surface area contributed by atoms with Gasteiger partial charge in [0, 0.05) is 26.2 Å². The minimum Gasteiger partial charge on any atom is -0.497 e. The molecule has 1 aliphatic rings. The molecule has 1 aromatic rings. The van der Waals surface area contributed by atoms with E-state index in [2.05, 4.69) is 5.32 Å². The predicted molar refractivity (Wildman–Crippen MR) is 90.4 cm³/mol. The highest BCUT2D eigenvalue weighted by Gasteiger charge is 2.26. The van der Waals surface area contributed by atoms with Crippen LogP contribution in [-0.2, 0) is 32.5 Å². The first-order valence-electron chi connectivity index (χ1n) is 7.94. The fourth-order valence-electron chi connectivity index (χ4n) is 2.56. The summed E-state index contributed by atoms with van der Waals surface area (Å²) in [5, 5.41) is 2.56. The van der Waals surface area contributed by atoms with Gasteiger partial charge < -0.3 is 14.8 Å². The standard InChI is InChI=1S/C16H24N2O5S/c1-3-23-12-16(19)17-7-9-24(20,21)18-8-6-13-10-15(22-2)5-4-14(13)11-18/h4-5,10H,3,6-9,11-12H2,1-2H3,(H,17,19). The molecule has 0 unspecified atom stereocenters. The van der Waals surface area contributed by atoms with Crippen molar-refractivity contribution in [1.82, 2.24) is 9.62 Å². The Bertz CT molecular complexity index is 675. The molecule has 1 heterocycles. The number of hydrogen-bond donors (Lipinski definition) is 1. The maximum atomic E-state index is 12.4. The number of sulfonamides is 1. The van der Waals surface area contributed by atoms with E-state index >= 15 is 0 Å². The maximum Gasteiger partial charge on any atom is 0.246 e. The van der Waals surface area contributed by atoms with E-state index in [1.807, 2.05) is 18.2 Å². The third kappa shape index (κ3) is 4.93. The van der Waals surface area contributed by atoms with Crippen molar-refractivity contribution in [3.63, 3.8) is 0 Å². The molecule has 134 valence electrons. The highest BCUT2D eigenvalue weighted by atomic mass is 32.2. The number of fused-ring (bicyclic) bond motifs is 1. The van der Waals surface area contributed by atoms with Crippen LogP contribution in [0.5, 0.6) is 5.75 Å². The van der Waals surface area contributed by atoms with Gasteiger partial charge >= 0.3 is 0 Å². The van der Waals surface area contributed by atoms with Gasteiger partial charge in [0.25, 0.3) is 0 Å². The molecule has 0 radical (unpaired) electrons. The normalized spacial score (nSPS) is 14.9. The fourth-order valence-corrected chi connectivity index (χ4v) is 3.89. The molecule has 0 bridgehead atoms. The van der Waals surface area contributed by atoms with Crippen molar-refractivity contribution in [2.45, 2.75) is 19.9 Å². The minimum atomic E-state index is -3.41. The summed E-state index contributed by atoms with van der Waals surface area (Å²) in [6.45, 7) is 3.07. The number of ether oxygens (including phenoxy) is 2. The first-order chi connectivity index (χ1) is 11.5. The maximum absolute atomic E-state index is 12.4. The molecule has 0 fully saturated rings. The van der Waals surface area contributed by atoms with Crippen LogP contribution in [0.25, 0.3) is 0 Å². The van der Waals surface area contributed by atoms with E-state index in [-0.39, 0.29) is 24.8 Å². The second-order valence-electron chi connectivity index (χ2n) is 5.52. The average Bonchev–Trinajstić information content (AvgIpc) is 2.58. The van der Waals surface area contributed by atoms with Gasteiger partial charge in [-0.15, -0.1) is 0 Å². The highest BCUT2D eigenvalue weighted by molar-refractivity contribution is 7.89. The van der Waals surface area contributed by atoms with Gasteiger partial charge in [0.05, 0.1) is 12.9 Å². The lowest BCUT2D eigenvalue weighted by Crippen LogP contribution is -2.41. The van der Waals surface area contributed by atoms with Gasteiger partial charge in [0.1, 0.15) is 12.4 Å². The molecule has 1 aromatic carbocycles. The predicted octanol–water partition coefficient (Wildman–Crippen LogP) is 0.536. The SMILES string of the molecule is CCOCC(=O)NCCS(=O)(=O)N1CCc2cc(OC)ccc2C1. The van der Waals surface area contributed by atoms with Gasteiger partial charge in [-0.2, -0.15) is 4.31 Å². The lowest BCUT2D eigenvalue weighted by molar-refractivity contribution is -0.125. The number of hydrogen-bond acceptors (Lipinski definition) is 5.